The predicted molar refractivity (Wildman–Crippen MR) is 118 cm³/mol. The highest BCUT2D eigenvalue weighted by Crippen LogP contribution is 2.42. The molecular formula is C24H48N2O2. The first-order valence-electron chi connectivity index (χ1n) is 11.4. The van der Waals surface area contributed by atoms with Gasteiger partial charge in [-0.25, -0.2) is 0 Å². The zero-order chi connectivity index (χ0) is 21.5. The van der Waals surface area contributed by atoms with Gasteiger partial charge in [0.15, 0.2) is 0 Å². The standard InChI is InChI=1S/C24H48N2O2/c1-18-12-21(4,5)25(22(6,7)13-18)27-16-20(3)17-28-26-23(8,9)14-19(2)15-24(26,10)11/h18-20H,12-17H2,1-11H3. The molecule has 2 rings (SSSR count). The summed E-state index contributed by atoms with van der Waals surface area (Å²) in [6.07, 6.45) is 4.70. The molecule has 2 aliphatic rings. The summed E-state index contributed by atoms with van der Waals surface area (Å²) in [6.45, 7) is 26.8. The van der Waals surface area contributed by atoms with Crippen LogP contribution in [0.1, 0.15) is 102 Å². The van der Waals surface area contributed by atoms with E-state index in [0.29, 0.717) is 19.1 Å². The summed E-state index contributed by atoms with van der Waals surface area (Å²) in [7, 11) is 0. The molecule has 0 aromatic heterocycles. The molecule has 0 amide bonds. The average molecular weight is 397 g/mol. The first-order valence-corrected chi connectivity index (χ1v) is 11.4. The Balaban J connectivity index is 1.93. The summed E-state index contributed by atoms with van der Waals surface area (Å²) in [4.78, 5) is 12.8. The quantitative estimate of drug-likeness (QED) is 0.544. The number of piperidine rings is 2. The highest BCUT2D eigenvalue weighted by atomic mass is 16.7. The van der Waals surface area contributed by atoms with E-state index in [2.05, 4.69) is 86.3 Å². The summed E-state index contributed by atoms with van der Waals surface area (Å²) < 4.78 is 0. The number of hydroxylamine groups is 4. The van der Waals surface area contributed by atoms with Crippen molar-refractivity contribution in [3.05, 3.63) is 0 Å². The molecule has 2 saturated heterocycles. The topological polar surface area (TPSA) is 24.9 Å². The van der Waals surface area contributed by atoms with Crippen LogP contribution in [-0.2, 0) is 9.68 Å². The molecule has 0 bridgehead atoms. The largest absolute Gasteiger partial charge is 0.298 e. The molecule has 0 saturated carbocycles. The third kappa shape index (κ3) is 5.50. The van der Waals surface area contributed by atoms with E-state index in [1.165, 1.54) is 25.7 Å². The Hall–Kier alpha value is -0.160. The first-order chi connectivity index (χ1) is 12.6. The average Bonchev–Trinajstić information content (AvgIpc) is 2.40. The second-order valence-electron chi connectivity index (χ2n) is 12.6. The van der Waals surface area contributed by atoms with Crippen molar-refractivity contribution in [2.45, 2.75) is 124 Å². The molecule has 0 unspecified atom stereocenters. The Morgan fingerprint density at radius 3 is 1.14 bits per heavy atom. The molecule has 2 aliphatic heterocycles. The Morgan fingerprint density at radius 1 is 0.643 bits per heavy atom. The van der Waals surface area contributed by atoms with Gasteiger partial charge < -0.3 is 0 Å². The van der Waals surface area contributed by atoms with E-state index in [-0.39, 0.29) is 22.2 Å². The van der Waals surface area contributed by atoms with Gasteiger partial charge in [-0.1, -0.05) is 20.8 Å². The second-order valence-corrected chi connectivity index (χ2v) is 12.6. The minimum absolute atomic E-state index is 0.0642. The minimum atomic E-state index is 0.0642. The van der Waals surface area contributed by atoms with Gasteiger partial charge in [0.25, 0.3) is 0 Å². The lowest BCUT2D eigenvalue weighted by Gasteiger charge is -2.54. The molecule has 0 aromatic carbocycles. The van der Waals surface area contributed by atoms with Crippen molar-refractivity contribution in [2.24, 2.45) is 17.8 Å². The second kappa shape index (κ2) is 8.17. The van der Waals surface area contributed by atoms with Gasteiger partial charge in [0.1, 0.15) is 0 Å². The number of hydrogen-bond donors (Lipinski definition) is 0. The lowest BCUT2D eigenvalue weighted by Crippen LogP contribution is -2.61. The van der Waals surface area contributed by atoms with Gasteiger partial charge in [0.2, 0.25) is 0 Å². The van der Waals surface area contributed by atoms with Gasteiger partial charge in [-0.3, -0.25) is 9.68 Å². The van der Waals surface area contributed by atoms with Crippen molar-refractivity contribution in [3.8, 4) is 0 Å². The van der Waals surface area contributed by atoms with Crippen LogP contribution < -0.4 is 0 Å². The molecule has 2 heterocycles. The molecule has 28 heavy (non-hydrogen) atoms. The molecule has 4 heteroatoms. The molecule has 0 aliphatic carbocycles. The van der Waals surface area contributed by atoms with E-state index in [1.54, 1.807) is 0 Å². The number of rotatable bonds is 6. The SMILES string of the molecule is CC(CON1C(C)(C)CC(C)CC1(C)C)CON1C(C)(C)CC(C)CC1(C)C. The van der Waals surface area contributed by atoms with E-state index >= 15 is 0 Å². The predicted octanol–water partition coefficient (Wildman–Crippen LogP) is 6.06. The van der Waals surface area contributed by atoms with Gasteiger partial charge in [-0.2, -0.15) is 10.1 Å². The van der Waals surface area contributed by atoms with Crippen LogP contribution in [-0.4, -0.2) is 45.5 Å². The van der Waals surface area contributed by atoms with Crippen LogP contribution in [0.2, 0.25) is 0 Å². The summed E-state index contributed by atoms with van der Waals surface area (Å²) in [5.41, 5.74) is 0.257. The molecular weight excluding hydrogens is 348 g/mol. The smallest absolute Gasteiger partial charge is 0.0733 e. The van der Waals surface area contributed by atoms with Gasteiger partial charge in [0.05, 0.1) is 13.2 Å². The third-order valence-electron chi connectivity index (χ3n) is 6.57. The first kappa shape index (κ1) is 24.1. The van der Waals surface area contributed by atoms with Crippen molar-refractivity contribution in [1.29, 1.82) is 0 Å². The summed E-state index contributed by atoms with van der Waals surface area (Å²) in [5.74, 6) is 1.81. The molecule has 0 N–H and O–H groups in total. The molecule has 0 radical (unpaired) electrons. The minimum Gasteiger partial charge on any atom is -0.298 e. The Kier molecular flexibility index (Phi) is 7.03. The number of hydrogen-bond acceptors (Lipinski definition) is 4. The molecule has 166 valence electrons. The van der Waals surface area contributed by atoms with Crippen molar-refractivity contribution in [1.82, 2.24) is 10.1 Å². The maximum atomic E-state index is 6.42. The molecule has 2 fully saturated rings. The maximum absolute atomic E-state index is 6.42. The van der Waals surface area contributed by atoms with Crippen molar-refractivity contribution >= 4 is 0 Å². The summed E-state index contributed by atoms with van der Waals surface area (Å²) in [6, 6.07) is 0. The fourth-order valence-corrected chi connectivity index (χ4v) is 6.68. The fourth-order valence-electron chi connectivity index (χ4n) is 6.68. The monoisotopic (exact) mass is 396 g/mol. The molecule has 0 atom stereocenters. The van der Waals surface area contributed by atoms with Crippen molar-refractivity contribution in [2.75, 3.05) is 13.2 Å². The maximum Gasteiger partial charge on any atom is 0.0733 e. The van der Waals surface area contributed by atoms with Gasteiger partial charge in [0, 0.05) is 28.1 Å². The summed E-state index contributed by atoms with van der Waals surface area (Å²) >= 11 is 0. The highest BCUT2D eigenvalue weighted by Gasteiger charge is 2.46. The summed E-state index contributed by atoms with van der Waals surface area (Å²) in [5, 5.41) is 4.54. The highest BCUT2D eigenvalue weighted by molar-refractivity contribution is 4.96. The van der Waals surface area contributed by atoms with E-state index in [1.807, 2.05) is 0 Å². The molecule has 0 aromatic rings. The van der Waals surface area contributed by atoms with Crippen LogP contribution in [0.3, 0.4) is 0 Å². The molecule has 0 spiro atoms. The van der Waals surface area contributed by atoms with Crippen LogP contribution in [0.15, 0.2) is 0 Å². The Bertz CT molecular complexity index is 445. The lowest BCUT2D eigenvalue weighted by molar-refractivity contribution is -0.310. The Morgan fingerprint density at radius 2 is 0.893 bits per heavy atom. The van der Waals surface area contributed by atoms with Crippen molar-refractivity contribution < 1.29 is 9.68 Å². The lowest BCUT2D eigenvalue weighted by atomic mass is 9.76. The third-order valence-corrected chi connectivity index (χ3v) is 6.57. The van der Waals surface area contributed by atoms with Crippen LogP contribution in [0, 0.1) is 17.8 Å². The van der Waals surface area contributed by atoms with E-state index in [9.17, 15) is 0 Å². The zero-order valence-electron chi connectivity index (χ0n) is 20.7. The van der Waals surface area contributed by atoms with Crippen LogP contribution >= 0.6 is 0 Å². The van der Waals surface area contributed by atoms with Gasteiger partial charge >= 0.3 is 0 Å². The van der Waals surface area contributed by atoms with Gasteiger partial charge in [-0.05, 0) is 92.9 Å². The van der Waals surface area contributed by atoms with Gasteiger partial charge in [-0.15, -0.1) is 0 Å². The zero-order valence-corrected chi connectivity index (χ0v) is 20.7. The fraction of sp³-hybridized carbons (Fsp3) is 1.00. The van der Waals surface area contributed by atoms with Crippen molar-refractivity contribution in [3.63, 3.8) is 0 Å². The van der Waals surface area contributed by atoms with E-state index in [0.717, 1.165) is 11.8 Å². The van der Waals surface area contributed by atoms with Crippen LogP contribution in [0.5, 0.6) is 0 Å². The number of nitrogens with zero attached hydrogens (tertiary/aromatic N) is 2. The van der Waals surface area contributed by atoms with Crippen LogP contribution in [0.25, 0.3) is 0 Å². The van der Waals surface area contributed by atoms with E-state index < -0.39 is 0 Å². The Labute approximate surface area is 175 Å². The van der Waals surface area contributed by atoms with E-state index in [4.69, 9.17) is 9.68 Å². The normalized spacial score (nSPS) is 28.7. The molecule has 4 nitrogen and oxygen atoms in total. The van der Waals surface area contributed by atoms with Crippen LogP contribution in [0.4, 0.5) is 0 Å².